The molecule has 1 atom stereocenters. The molecule has 2 aromatic heterocycles. The van der Waals surface area contributed by atoms with E-state index in [1.807, 2.05) is 12.1 Å². The van der Waals surface area contributed by atoms with Crippen molar-refractivity contribution in [2.45, 2.75) is 44.9 Å². The fraction of sp³-hybridized carbons (Fsp3) is 0.375. The average Bonchev–Trinajstić information content (AvgIpc) is 3.23. The number of nitrogens with zero attached hydrogens (tertiary/aromatic N) is 1. The van der Waals surface area contributed by atoms with Crippen LogP contribution in [0.4, 0.5) is 5.69 Å². The summed E-state index contributed by atoms with van der Waals surface area (Å²) in [6.45, 7) is 6.78. The number of rotatable bonds is 3. The van der Waals surface area contributed by atoms with E-state index in [1.165, 1.54) is 22.3 Å². The fourth-order valence-corrected chi connectivity index (χ4v) is 5.64. The molecule has 1 aliphatic rings. The van der Waals surface area contributed by atoms with Crippen molar-refractivity contribution in [3.63, 3.8) is 0 Å². The summed E-state index contributed by atoms with van der Waals surface area (Å²) in [6, 6.07) is 9.77. The van der Waals surface area contributed by atoms with E-state index >= 15 is 0 Å². The van der Waals surface area contributed by atoms with Crippen LogP contribution in [0.15, 0.2) is 54.9 Å². The first-order valence-electron chi connectivity index (χ1n) is 10.7. The Bertz CT molecular complexity index is 1520. The van der Waals surface area contributed by atoms with E-state index in [1.54, 1.807) is 19.2 Å². The zero-order valence-corrected chi connectivity index (χ0v) is 19.4. The van der Waals surface area contributed by atoms with Gasteiger partial charge < -0.3 is 8.83 Å². The molecule has 2 aromatic carbocycles. The lowest BCUT2D eigenvalue weighted by Crippen LogP contribution is -2.26. The normalized spacial score (nSPS) is 17.1. The molecule has 0 fully saturated rings. The maximum atomic E-state index is 13.0. The van der Waals surface area contributed by atoms with Crippen LogP contribution in [0.1, 0.15) is 38.5 Å². The zero-order valence-electron chi connectivity index (χ0n) is 18.6. The number of nitrogens with one attached hydrogen (secondary N) is 1. The number of aromatic nitrogens is 1. The van der Waals surface area contributed by atoms with E-state index in [9.17, 15) is 13.2 Å². The predicted octanol–water partition coefficient (Wildman–Crippen LogP) is 4.83. The number of aryl methyl sites for hydroxylation is 2. The summed E-state index contributed by atoms with van der Waals surface area (Å²) in [4.78, 5) is 11.7. The van der Waals surface area contributed by atoms with Gasteiger partial charge in [0.1, 0.15) is 11.3 Å². The first-order valence-corrected chi connectivity index (χ1v) is 12.2. The van der Waals surface area contributed by atoms with Crippen LogP contribution >= 0.6 is 0 Å². The Morgan fingerprint density at radius 3 is 2.59 bits per heavy atom. The molecule has 8 heteroatoms. The summed E-state index contributed by atoms with van der Waals surface area (Å²) >= 11 is 0. The van der Waals surface area contributed by atoms with Crippen molar-refractivity contribution in [1.82, 2.24) is 4.57 Å². The highest BCUT2D eigenvalue weighted by atomic mass is 32.2. The fourth-order valence-electron chi connectivity index (χ4n) is 4.58. The summed E-state index contributed by atoms with van der Waals surface area (Å²) in [7, 11) is -2.29. The van der Waals surface area contributed by atoms with E-state index < -0.39 is 15.8 Å². The Morgan fingerprint density at radius 2 is 1.84 bits per heavy atom. The quantitative estimate of drug-likeness (QED) is 0.478. The summed E-state index contributed by atoms with van der Waals surface area (Å²) in [6.07, 6.45) is 2.91. The second-order valence-electron chi connectivity index (χ2n) is 9.68. The van der Waals surface area contributed by atoms with Gasteiger partial charge in [-0.1, -0.05) is 20.8 Å². The molecular formula is C24H26N2O5S. The maximum Gasteiger partial charge on any atom is 0.419 e. The van der Waals surface area contributed by atoms with Crippen LogP contribution in [-0.2, 0) is 29.9 Å². The van der Waals surface area contributed by atoms with Crippen molar-refractivity contribution in [3.8, 4) is 0 Å². The second kappa shape index (κ2) is 7.00. The lowest BCUT2D eigenvalue weighted by atomic mass is 9.71. The number of furan rings is 1. The molecule has 0 amide bonds. The van der Waals surface area contributed by atoms with E-state index in [0.717, 1.165) is 36.0 Å². The highest BCUT2D eigenvalue weighted by molar-refractivity contribution is 7.92. The first kappa shape index (κ1) is 20.9. The number of sulfonamides is 1. The topological polar surface area (TPSA) is 94.5 Å². The molecular weight excluding hydrogens is 428 g/mol. The Labute approximate surface area is 186 Å². The van der Waals surface area contributed by atoms with Crippen LogP contribution in [0.5, 0.6) is 0 Å². The third kappa shape index (κ3) is 3.43. The third-order valence-electron chi connectivity index (χ3n) is 6.60. The minimum atomic E-state index is -3.87. The third-order valence-corrected chi connectivity index (χ3v) is 7.97. The Hall–Kier alpha value is -3.00. The van der Waals surface area contributed by atoms with Gasteiger partial charge in [0.2, 0.25) is 0 Å². The van der Waals surface area contributed by atoms with Crippen LogP contribution in [-0.4, -0.2) is 13.0 Å². The molecule has 0 spiro atoms. The molecule has 0 bridgehead atoms. The van der Waals surface area contributed by atoms with Crippen molar-refractivity contribution in [1.29, 1.82) is 0 Å². The Balaban J connectivity index is 1.49. The van der Waals surface area contributed by atoms with Gasteiger partial charge in [-0.05, 0) is 54.5 Å². The number of hydrogen-bond donors (Lipinski definition) is 1. The lowest BCUT2D eigenvalue weighted by Gasteiger charge is -2.33. The van der Waals surface area contributed by atoms with Gasteiger partial charge >= 0.3 is 5.76 Å². The van der Waals surface area contributed by atoms with Crippen LogP contribution in [0.3, 0.4) is 0 Å². The van der Waals surface area contributed by atoms with Gasteiger partial charge in [-0.25, -0.2) is 13.2 Å². The van der Waals surface area contributed by atoms with E-state index in [4.69, 9.17) is 8.83 Å². The molecule has 0 radical (unpaired) electrons. The van der Waals surface area contributed by atoms with Crippen LogP contribution < -0.4 is 10.5 Å². The van der Waals surface area contributed by atoms with Crippen LogP contribution in [0.25, 0.3) is 22.1 Å². The maximum absolute atomic E-state index is 13.0. The predicted molar refractivity (Wildman–Crippen MR) is 123 cm³/mol. The number of benzene rings is 2. The first-order chi connectivity index (χ1) is 15.0. The standard InChI is InChI=1S/C24H26N2O5S/c1-24(2,3)14-5-9-20-17(11-14)18-12-15(6-10-21(18)30-20)25-32(28,29)16-7-8-19-22(13-16)31-23(27)26(19)4/h6-8,10,12-14,25H,5,9,11H2,1-4H3. The molecule has 0 saturated carbocycles. The van der Waals surface area contributed by atoms with Gasteiger partial charge in [0.25, 0.3) is 10.0 Å². The minimum Gasteiger partial charge on any atom is -0.461 e. The molecule has 0 saturated heterocycles. The van der Waals surface area contributed by atoms with Crippen molar-refractivity contribution < 1.29 is 17.3 Å². The number of anilines is 1. The molecule has 0 aliphatic heterocycles. The van der Waals surface area contributed by atoms with Crippen molar-refractivity contribution >= 4 is 37.8 Å². The lowest BCUT2D eigenvalue weighted by molar-refractivity contribution is 0.210. The van der Waals surface area contributed by atoms with Gasteiger partial charge in [-0.15, -0.1) is 0 Å². The summed E-state index contributed by atoms with van der Waals surface area (Å²) < 4.78 is 41.2. The van der Waals surface area contributed by atoms with Gasteiger partial charge in [0.15, 0.2) is 5.58 Å². The van der Waals surface area contributed by atoms with Crippen molar-refractivity contribution in [3.05, 3.63) is 58.3 Å². The zero-order chi connectivity index (χ0) is 22.8. The van der Waals surface area contributed by atoms with E-state index in [0.29, 0.717) is 17.1 Å². The molecule has 32 heavy (non-hydrogen) atoms. The van der Waals surface area contributed by atoms with Crippen LogP contribution in [0.2, 0.25) is 0 Å². The SMILES string of the molecule is Cn1c(=O)oc2cc(S(=O)(=O)Nc3ccc4oc5c(c4c3)CC(C(C)(C)C)CC5)ccc21. The number of hydrogen-bond acceptors (Lipinski definition) is 5. The highest BCUT2D eigenvalue weighted by Gasteiger charge is 2.31. The van der Waals surface area contributed by atoms with E-state index in [2.05, 4.69) is 25.5 Å². The highest BCUT2D eigenvalue weighted by Crippen LogP contribution is 2.41. The molecule has 1 aliphatic carbocycles. The van der Waals surface area contributed by atoms with Crippen LogP contribution in [0, 0.1) is 11.3 Å². The van der Waals surface area contributed by atoms with Crippen molar-refractivity contribution in [2.75, 3.05) is 4.72 Å². The van der Waals surface area contributed by atoms with E-state index in [-0.39, 0.29) is 15.9 Å². The Kier molecular flexibility index (Phi) is 4.57. The van der Waals surface area contributed by atoms with Gasteiger partial charge in [0, 0.05) is 36.2 Å². The molecule has 1 N–H and O–H groups in total. The second-order valence-corrected chi connectivity index (χ2v) is 11.4. The summed E-state index contributed by atoms with van der Waals surface area (Å²) in [5, 5.41) is 0.957. The molecule has 168 valence electrons. The monoisotopic (exact) mass is 454 g/mol. The van der Waals surface area contributed by atoms with Gasteiger partial charge in [0.05, 0.1) is 10.4 Å². The molecule has 5 rings (SSSR count). The Morgan fingerprint density at radius 1 is 1.06 bits per heavy atom. The smallest absolute Gasteiger partial charge is 0.419 e. The number of fused-ring (bicyclic) bond motifs is 4. The molecule has 7 nitrogen and oxygen atoms in total. The molecule has 1 unspecified atom stereocenters. The largest absolute Gasteiger partial charge is 0.461 e. The molecule has 2 heterocycles. The van der Waals surface area contributed by atoms with Gasteiger partial charge in [-0.3, -0.25) is 9.29 Å². The van der Waals surface area contributed by atoms with Gasteiger partial charge in [-0.2, -0.15) is 0 Å². The minimum absolute atomic E-state index is 0.0291. The van der Waals surface area contributed by atoms with Crippen molar-refractivity contribution in [2.24, 2.45) is 18.4 Å². The molecule has 4 aromatic rings. The number of oxazole rings is 1. The average molecular weight is 455 g/mol. The summed E-state index contributed by atoms with van der Waals surface area (Å²) in [5.41, 5.74) is 3.39. The summed E-state index contributed by atoms with van der Waals surface area (Å²) in [5.74, 6) is 1.01.